The van der Waals surface area contributed by atoms with Crippen molar-refractivity contribution in [2.24, 2.45) is 7.05 Å². The van der Waals surface area contributed by atoms with Crippen LogP contribution in [-0.4, -0.2) is 43.4 Å². The van der Waals surface area contributed by atoms with E-state index in [4.69, 9.17) is 4.74 Å². The summed E-state index contributed by atoms with van der Waals surface area (Å²) in [6.45, 7) is 5.23. The monoisotopic (exact) mass is 226 g/mol. The van der Waals surface area contributed by atoms with E-state index >= 15 is 0 Å². The van der Waals surface area contributed by atoms with Gasteiger partial charge in [-0.05, 0) is 6.92 Å². The third kappa shape index (κ3) is 3.50. The van der Waals surface area contributed by atoms with Crippen LogP contribution in [0.25, 0.3) is 0 Å². The van der Waals surface area contributed by atoms with Crippen molar-refractivity contribution >= 4 is 5.95 Å². The van der Waals surface area contributed by atoms with Crippen molar-refractivity contribution in [2.45, 2.75) is 13.5 Å². The number of nitrogens with zero attached hydrogens (tertiary/aromatic N) is 3. The summed E-state index contributed by atoms with van der Waals surface area (Å²) in [4.78, 5) is 6.35. The molecule has 0 aliphatic rings. The molecule has 92 valence electrons. The lowest BCUT2D eigenvalue weighted by molar-refractivity contribution is 0.149. The van der Waals surface area contributed by atoms with Gasteiger partial charge in [0.1, 0.15) is 0 Å². The molecule has 0 spiro atoms. The Morgan fingerprint density at radius 1 is 1.50 bits per heavy atom. The first-order chi connectivity index (χ1) is 7.66. The molecule has 0 aliphatic heterocycles. The highest BCUT2D eigenvalue weighted by atomic mass is 16.5. The number of aromatic nitrogens is 2. The lowest BCUT2D eigenvalue weighted by Gasteiger charge is -2.12. The third-order valence-electron chi connectivity index (χ3n) is 2.39. The van der Waals surface area contributed by atoms with Crippen LogP contribution in [0.3, 0.4) is 0 Å². The van der Waals surface area contributed by atoms with Crippen molar-refractivity contribution < 1.29 is 4.74 Å². The number of imidazole rings is 1. The highest BCUT2D eigenvalue weighted by Crippen LogP contribution is 2.10. The SMILES string of the molecule is CCOCCNCc1cnc(N(C)C)n1C. The summed E-state index contributed by atoms with van der Waals surface area (Å²) in [7, 11) is 6.02. The van der Waals surface area contributed by atoms with Gasteiger partial charge in [-0.15, -0.1) is 0 Å². The average Bonchev–Trinajstić information content (AvgIpc) is 2.60. The molecule has 0 unspecified atom stereocenters. The smallest absolute Gasteiger partial charge is 0.204 e. The predicted molar refractivity (Wildman–Crippen MR) is 65.7 cm³/mol. The maximum atomic E-state index is 5.25. The summed E-state index contributed by atoms with van der Waals surface area (Å²) in [5.41, 5.74) is 1.18. The maximum Gasteiger partial charge on any atom is 0.204 e. The number of rotatable bonds is 7. The highest BCUT2D eigenvalue weighted by Gasteiger charge is 2.06. The van der Waals surface area contributed by atoms with E-state index < -0.39 is 0 Å². The minimum atomic E-state index is 0.759. The first-order valence-electron chi connectivity index (χ1n) is 5.63. The van der Waals surface area contributed by atoms with E-state index in [-0.39, 0.29) is 0 Å². The first-order valence-corrected chi connectivity index (χ1v) is 5.63. The Morgan fingerprint density at radius 2 is 2.25 bits per heavy atom. The summed E-state index contributed by atoms with van der Waals surface area (Å²) in [6.07, 6.45) is 1.91. The quantitative estimate of drug-likeness (QED) is 0.692. The Hall–Kier alpha value is -1.07. The largest absolute Gasteiger partial charge is 0.380 e. The molecule has 0 radical (unpaired) electrons. The van der Waals surface area contributed by atoms with Crippen molar-refractivity contribution in [1.29, 1.82) is 0 Å². The number of ether oxygens (including phenoxy) is 1. The molecule has 0 aliphatic carbocycles. The number of anilines is 1. The van der Waals surface area contributed by atoms with E-state index in [1.807, 2.05) is 39.2 Å². The fourth-order valence-corrected chi connectivity index (χ4v) is 1.52. The van der Waals surface area contributed by atoms with Crippen LogP contribution in [0.15, 0.2) is 6.20 Å². The normalized spacial score (nSPS) is 10.8. The van der Waals surface area contributed by atoms with Crippen LogP contribution in [0.1, 0.15) is 12.6 Å². The molecule has 1 N–H and O–H groups in total. The van der Waals surface area contributed by atoms with Gasteiger partial charge in [0.15, 0.2) is 0 Å². The minimum Gasteiger partial charge on any atom is -0.380 e. The molecule has 5 heteroatoms. The van der Waals surface area contributed by atoms with Gasteiger partial charge in [0.2, 0.25) is 5.95 Å². The fraction of sp³-hybridized carbons (Fsp3) is 0.727. The summed E-state index contributed by atoms with van der Waals surface area (Å²) in [5.74, 6) is 0.974. The lowest BCUT2D eigenvalue weighted by atomic mass is 10.4. The van der Waals surface area contributed by atoms with Gasteiger partial charge in [-0.3, -0.25) is 0 Å². The van der Waals surface area contributed by atoms with Crippen molar-refractivity contribution in [2.75, 3.05) is 38.8 Å². The predicted octanol–water partition coefficient (Wildman–Crippen LogP) is 0.612. The number of hydrogen-bond donors (Lipinski definition) is 1. The molecular formula is C11H22N4O. The second-order valence-electron chi connectivity index (χ2n) is 3.88. The molecule has 0 bridgehead atoms. The van der Waals surface area contributed by atoms with Crippen LogP contribution in [0, 0.1) is 0 Å². The van der Waals surface area contributed by atoms with Gasteiger partial charge < -0.3 is 19.5 Å². The Balaban J connectivity index is 2.37. The molecule has 0 amide bonds. The van der Waals surface area contributed by atoms with E-state index in [0.717, 1.165) is 32.3 Å². The van der Waals surface area contributed by atoms with Gasteiger partial charge in [-0.2, -0.15) is 0 Å². The molecule has 1 aromatic rings. The zero-order valence-electron chi connectivity index (χ0n) is 10.7. The Labute approximate surface area is 97.4 Å². The topological polar surface area (TPSA) is 42.3 Å². The Morgan fingerprint density at radius 3 is 2.81 bits per heavy atom. The zero-order chi connectivity index (χ0) is 12.0. The van der Waals surface area contributed by atoms with Gasteiger partial charge in [0.05, 0.1) is 18.5 Å². The highest BCUT2D eigenvalue weighted by molar-refractivity contribution is 5.30. The summed E-state index contributed by atoms with van der Waals surface area (Å²) < 4.78 is 7.34. The van der Waals surface area contributed by atoms with Crippen LogP contribution in [0.2, 0.25) is 0 Å². The Kier molecular flexibility index (Phi) is 5.28. The second kappa shape index (κ2) is 6.50. The molecule has 0 fully saturated rings. The van der Waals surface area contributed by atoms with E-state index in [1.165, 1.54) is 5.69 Å². The van der Waals surface area contributed by atoms with Gasteiger partial charge in [-0.1, -0.05) is 0 Å². The van der Waals surface area contributed by atoms with E-state index in [9.17, 15) is 0 Å². The zero-order valence-corrected chi connectivity index (χ0v) is 10.7. The summed E-state index contributed by atoms with van der Waals surface area (Å²) >= 11 is 0. The van der Waals surface area contributed by atoms with E-state index in [0.29, 0.717) is 0 Å². The Bertz CT molecular complexity index is 309. The molecule has 1 aromatic heterocycles. The molecule has 16 heavy (non-hydrogen) atoms. The maximum absolute atomic E-state index is 5.25. The summed E-state index contributed by atoms with van der Waals surface area (Å²) in [6, 6.07) is 0. The molecule has 1 rings (SSSR count). The van der Waals surface area contributed by atoms with Crippen LogP contribution in [0.4, 0.5) is 5.95 Å². The van der Waals surface area contributed by atoms with Crippen molar-refractivity contribution in [3.05, 3.63) is 11.9 Å². The molecular weight excluding hydrogens is 204 g/mol. The molecule has 5 nitrogen and oxygen atoms in total. The molecule has 0 aromatic carbocycles. The van der Waals surface area contributed by atoms with Gasteiger partial charge in [-0.25, -0.2) is 4.98 Å². The molecule has 1 heterocycles. The van der Waals surface area contributed by atoms with Gasteiger partial charge in [0.25, 0.3) is 0 Å². The lowest BCUT2D eigenvalue weighted by Crippen LogP contribution is -2.21. The third-order valence-corrected chi connectivity index (χ3v) is 2.39. The molecule has 0 atom stereocenters. The van der Waals surface area contributed by atoms with E-state index in [1.54, 1.807) is 0 Å². The number of hydrogen-bond acceptors (Lipinski definition) is 4. The van der Waals surface area contributed by atoms with Crippen molar-refractivity contribution in [1.82, 2.24) is 14.9 Å². The fourth-order valence-electron chi connectivity index (χ4n) is 1.52. The standard InChI is InChI=1S/C11H22N4O/c1-5-16-7-6-12-8-10-9-13-11(14(2)3)15(10)4/h9,12H,5-8H2,1-4H3. The van der Waals surface area contributed by atoms with Crippen LogP contribution < -0.4 is 10.2 Å². The number of nitrogens with one attached hydrogen (secondary N) is 1. The van der Waals surface area contributed by atoms with Crippen LogP contribution in [0.5, 0.6) is 0 Å². The van der Waals surface area contributed by atoms with Crippen molar-refractivity contribution in [3.8, 4) is 0 Å². The average molecular weight is 226 g/mol. The minimum absolute atomic E-state index is 0.759. The molecule has 0 saturated carbocycles. The molecule has 0 saturated heterocycles. The van der Waals surface area contributed by atoms with Crippen LogP contribution in [-0.2, 0) is 18.3 Å². The second-order valence-corrected chi connectivity index (χ2v) is 3.88. The van der Waals surface area contributed by atoms with Gasteiger partial charge >= 0.3 is 0 Å². The van der Waals surface area contributed by atoms with Crippen molar-refractivity contribution in [3.63, 3.8) is 0 Å². The van der Waals surface area contributed by atoms with Crippen LogP contribution >= 0.6 is 0 Å². The first kappa shape index (κ1) is 13.0. The van der Waals surface area contributed by atoms with Gasteiger partial charge in [0, 0.05) is 40.8 Å². The summed E-state index contributed by atoms with van der Waals surface area (Å²) in [5, 5.41) is 3.33. The van der Waals surface area contributed by atoms with E-state index in [2.05, 4.69) is 14.9 Å².